The molecule has 1 aliphatic heterocycles. The van der Waals surface area contributed by atoms with E-state index in [1.165, 1.54) is 6.07 Å². The third-order valence-electron chi connectivity index (χ3n) is 3.56. The van der Waals surface area contributed by atoms with E-state index in [-0.39, 0.29) is 18.5 Å². The molecule has 0 spiro atoms. The molecule has 0 radical (unpaired) electrons. The molecule has 0 unspecified atom stereocenters. The molecule has 5 heteroatoms. The molecule has 1 saturated heterocycles. The van der Waals surface area contributed by atoms with Gasteiger partial charge in [-0.2, -0.15) is 0 Å². The summed E-state index contributed by atoms with van der Waals surface area (Å²) in [7, 11) is 0. The second kappa shape index (κ2) is 7.33. The molecule has 2 rings (SSSR count). The van der Waals surface area contributed by atoms with Gasteiger partial charge in [-0.05, 0) is 46.5 Å². The zero-order chi connectivity index (χ0) is 13.7. The molecule has 1 atom stereocenters. The zero-order valence-corrected chi connectivity index (χ0v) is 12.5. The third-order valence-corrected chi connectivity index (χ3v) is 4.16. The Morgan fingerprint density at radius 2 is 2.11 bits per heavy atom. The van der Waals surface area contributed by atoms with Gasteiger partial charge < -0.3 is 10.4 Å². The van der Waals surface area contributed by atoms with Crippen LogP contribution in [0.25, 0.3) is 0 Å². The summed E-state index contributed by atoms with van der Waals surface area (Å²) in [5, 5.41) is 12.4. The minimum atomic E-state index is -0.232. The van der Waals surface area contributed by atoms with Gasteiger partial charge in [0.25, 0.3) is 0 Å². The Hall–Kier alpha value is -0.490. The van der Waals surface area contributed by atoms with Gasteiger partial charge in [0.2, 0.25) is 0 Å². The maximum Gasteiger partial charge on any atom is 0.137 e. The highest BCUT2D eigenvalue weighted by Crippen LogP contribution is 2.29. The lowest BCUT2D eigenvalue weighted by atomic mass is 9.99. The van der Waals surface area contributed by atoms with Crippen LogP contribution in [-0.2, 0) is 0 Å². The highest BCUT2D eigenvalue weighted by molar-refractivity contribution is 9.10. The Balaban J connectivity index is 2.17. The molecule has 0 bridgehead atoms. The third kappa shape index (κ3) is 3.99. The number of hydrogen-bond donors (Lipinski definition) is 2. The minimum Gasteiger partial charge on any atom is -0.396 e. The van der Waals surface area contributed by atoms with Gasteiger partial charge in [0, 0.05) is 38.8 Å². The number of halogens is 2. The summed E-state index contributed by atoms with van der Waals surface area (Å²) in [4.78, 5) is 2.41. The summed E-state index contributed by atoms with van der Waals surface area (Å²) >= 11 is 3.25. The van der Waals surface area contributed by atoms with Crippen molar-refractivity contribution in [3.05, 3.63) is 34.1 Å². The number of nitrogens with one attached hydrogen (secondary N) is 1. The summed E-state index contributed by atoms with van der Waals surface area (Å²) in [5.74, 6) is -0.232. The van der Waals surface area contributed by atoms with Gasteiger partial charge in [0.1, 0.15) is 5.82 Å². The number of hydrogen-bond acceptors (Lipinski definition) is 3. The maximum atomic E-state index is 13.3. The van der Waals surface area contributed by atoms with Crippen LogP contribution in [0.1, 0.15) is 24.4 Å². The molecule has 106 valence electrons. The smallest absolute Gasteiger partial charge is 0.137 e. The molecular weight excluding hydrogens is 311 g/mol. The van der Waals surface area contributed by atoms with E-state index in [2.05, 4.69) is 26.1 Å². The normalized spacial score (nSPS) is 18.5. The van der Waals surface area contributed by atoms with E-state index < -0.39 is 0 Å². The zero-order valence-electron chi connectivity index (χ0n) is 10.9. The standard InChI is InChI=1S/C14H20BrFN2O/c15-12-10-11(3-4-13(12)16)14(2-1-9-19)18-7-5-17-6-8-18/h3-4,10,14,17,19H,1-2,5-9H2/t14-/m1/s1. The van der Waals surface area contributed by atoms with Crippen LogP contribution in [0.5, 0.6) is 0 Å². The Morgan fingerprint density at radius 3 is 2.74 bits per heavy atom. The Labute approximate surface area is 121 Å². The summed E-state index contributed by atoms with van der Waals surface area (Å²) < 4.78 is 13.9. The maximum absolute atomic E-state index is 13.3. The van der Waals surface area contributed by atoms with Crippen molar-refractivity contribution in [2.45, 2.75) is 18.9 Å². The van der Waals surface area contributed by atoms with Crippen LogP contribution >= 0.6 is 15.9 Å². The number of rotatable bonds is 5. The molecular formula is C14H20BrFN2O. The molecule has 0 aliphatic carbocycles. The van der Waals surface area contributed by atoms with Gasteiger partial charge in [0.15, 0.2) is 0 Å². The van der Waals surface area contributed by atoms with Crippen molar-refractivity contribution >= 4 is 15.9 Å². The average Bonchev–Trinajstić information content (AvgIpc) is 2.44. The van der Waals surface area contributed by atoms with Crippen LogP contribution < -0.4 is 5.32 Å². The summed E-state index contributed by atoms with van der Waals surface area (Å²) in [6.45, 7) is 4.15. The molecule has 1 heterocycles. The first-order chi connectivity index (χ1) is 9.22. The fraction of sp³-hybridized carbons (Fsp3) is 0.571. The number of benzene rings is 1. The van der Waals surface area contributed by atoms with Crippen molar-refractivity contribution in [2.24, 2.45) is 0 Å². The van der Waals surface area contributed by atoms with E-state index in [0.717, 1.165) is 44.6 Å². The second-order valence-corrected chi connectivity index (χ2v) is 5.70. The first-order valence-corrected chi connectivity index (χ1v) is 7.52. The lowest BCUT2D eigenvalue weighted by Crippen LogP contribution is -2.45. The summed E-state index contributed by atoms with van der Waals surface area (Å²) in [5.41, 5.74) is 1.11. The molecule has 0 saturated carbocycles. The highest BCUT2D eigenvalue weighted by atomic mass is 79.9. The van der Waals surface area contributed by atoms with E-state index in [9.17, 15) is 4.39 Å². The first-order valence-electron chi connectivity index (χ1n) is 6.73. The van der Waals surface area contributed by atoms with Crippen molar-refractivity contribution in [3.8, 4) is 0 Å². The van der Waals surface area contributed by atoms with Crippen molar-refractivity contribution in [3.63, 3.8) is 0 Å². The molecule has 3 nitrogen and oxygen atoms in total. The lowest BCUT2D eigenvalue weighted by molar-refractivity contribution is 0.154. The van der Waals surface area contributed by atoms with Gasteiger partial charge in [-0.1, -0.05) is 6.07 Å². The fourth-order valence-electron chi connectivity index (χ4n) is 2.56. The Morgan fingerprint density at radius 1 is 1.37 bits per heavy atom. The van der Waals surface area contributed by atoms with E-state index in [4.69, 9.17) is 5.11 Å². The molecule has 19 heavy (non-hydrogen) atoms. The molecule has 0 aromatic heterocycles. The van der Waals surface area contributed by atoms with E-state index in [0.29, 0.717) is 4.47 Å². The van der Waals surface area contributed by atoms with Gasteiger partial charge >= 0.3 is 0 Å². The predicted molar refractivity (Wildman–Crippen MR) is 77.6 cm³/mol. The van der Waals surface area contributed by atoms with Crippen molar-refractivity contribution in [2.75, 3.05) is 32.8 Å². The highest BCUT2D eigenvalue weighted by Gasteiger charge is 2.22. The van der Waals surface area contributed by atoms with Gasteiger partial charge in [-0.25, -0.2) is 4.39 Å². The molecule has 2 N–H and O–H groups in total. The van der Waals surface area contributed by atoms with Crippen molar-refractivity contribution in [1.82, 2.24) is 10.2 Å². The average molecular weight is 331 g/mol. The minimum absolute atomic E-state index is 0.199. The van der Waals surface area contributed by atoms with E-state index in [1.54, 1.807) is 0 Å². The second-order valence-electron chi connectivity index (χ2n) is 4.84. The number of piperazine rings is 1. The van der Waals surface area contributed by atoms with Crippen LogP contribution in [0.4, 0.5) is 4.39 Å². The predicted octanol–water partition coefficient (Wildman–Crippen LogP) is 2.31. The first kappa shape index (κ1) is 14.9. The largest absolute Gasteiger partial charge is 0.396 e. The Kier molecular flexibility index (Phi) is 5.76. The fourth-order valence-corrected chi connectivity index (χ4v) is 2.95. The number of aliphatic hydroxyl groups is 1. The van der Waals surface area contributed by atoms with Crippen molar-refractivity contribution < 1.29 is 9.50 Å². The molecule has 1 aromatic rings. The van der Waals surface area contributed by atoms with Crippen LogP contribution in [0.2, 0.25) is 0 Å². The number of nitrogens with zero attached hydrogens (tertiary/aromatic N) is 1. The molecule has 1 aliphatic rings. The monoisotopic (exact) mass is 330 g/mol. The quantitative estimate of drug-likeness (QED) is 0.869. The molecule has 0 amide bonds. The topological polar surface area (TPSA) is 35.5 Å². The molecule has 1 aromatic carbocycles. The van der Waals surface area contributed by atoms with Gasteiger partial charge in [0.05, 0.1) is 4.47 Å². The number of aliphatic hydroxyl groups excluding tert-OH is 1. The van der Waals surface area contributed by atoms with Crippen LogP contribution in [-0.4, -0.2) is 42.8 Å². The Bertz CT molecular complexity index is 410. The van der Waals surface area contributed by atoms with Gasteiger partial charge in [-0.3, -0.25) is 4.90 Å². The summed E-state index contributed by atoms with van der Waals surface area (Å²) in [6.07, 6.45) is 1.66. The van der Waals surface area contributed by atoms with Crippen LogP contribution in [0.3, 0.4) is 0 Å². The van der Waals surface area contributed by atoms with Gasteiger partial charge in [-0.15, -0.1) is 0 Å². The SMILES string of the molecule is OCCC[C@H](c1ccc(F)c(Br)c1)N1CCNCC1. The van der Waals surface area contributed by atoms with E-state index in [1.807, 2.05) is 12.1 Å². The lowest BCUT2D eigenvalue weighted by Gasteiger charge is -2.35. The van der Waals surface area contributed by atoms with Crippen LogP contribution in [0, 0.1) is 5.82 Å². The van der Waals surface area contributed by atoms with Crippen LogP contribution in [0.15, 0.2) is 22.7 Å². The summed E-state index contributed by atoms with van der Waals surface area (Å²) in [6, 6.07) is 5.48. The molecule has 1 fully saturated rings. The van der Waals surface area contributed by atoms with E-state index >= 15 is 0 Å². The van der Waals surface area contributed by atoms with Crippen molar-refractivity contribution in [1.29, 1.82) is 0 Å².